The molecule has 0 saturated heterocycles. The smallest absolute Gasteiger partial charge is 0.190 e. The van der Waals surface area contributed by atoms with Crippen LogP contribution in [0.4, 0.5) is 5.82 Å². The fraction of sp³-hybridized carbons (Fsp3) is 0.714. The average molecular weight is 298 g/mol. The lowest BCUT2D eigenvalue weighted by Gasteiger charge is -2.28. The van der Waals surface area contributed by atoms with E-state index in [2.05, 4.69) is 21.9 Å². The van der Waals surface area contributed by atoms with Crippen LogP contribution in [0.5, 0.6) is 0 Å². The minimum absolute atomic E-state index is 0.536. The number of halogens is 1. The monoisotopic (exact) mass is 297 g/mol. The molecule has 0 spiro atoms. The summed E-state index contributed by atoms with van der Waals surface area (Å²) in [6.45, 7) is 1.10. The summed E-state index contributed by atoms with van der Waals surface area (Å²) in [6.07, 6.45) is 7.73. The van der Waals surface area contributed by atoms with E-state index >= 15 is 0 Å². The molecule has 0 radical (unpaired) electrons. The first-order valence-corrected chi connectivity index (χ1v) is 8.55. The van der Waals surface area contributed by atoms with Crippen LogP contribution in [-0.2, 0) is 0 Å². The van der Waals surface area contributed by atoms with Gasteiger partial charge in [-0.15, -0.1) is 0 Å². The Morgan fingerprint density at radius 2 is 2.21 bits per heavy atom. The second-order valence-electron chi connectivity index (χ2n) is 5.85. The molecule has 3 rings (SSSR count). The molecule has 1 aromatic rings. The molecule has 2 aliphatic rings. The third kappa shape index (κ3) is 2.84. The van der Waals surface area contributed by atoms with Gasteiger partial charge in [-0.05, 0) is 43.3 Å². The Morgan fingerprint density at radius 3 is 2.84 bits per heavy atom. The predicted molar refractivity (Wildman–Crippen MR) is 81.0 cm³/mol. The summed E-state index contributed by atoms with van der Waals surface area (Å²) in [6, 6.07) is 1.87. The van der Waals surface area contributed by atoms with Crippen LogP contribution in [0.1, 0.15) is 25.7 Å². The highest BCUT2D eigenvalue weighted by molar-refractivity contribution is 7.98. The zero-order valence-corrected chi connectivity index (χ0v) is 13.0. The molecule has 3 unspecified atom stereocenters. The van der Waals surface area contributed by atoms with Crippen molar-refractivity contribution in [1.29, 1.82) is 0 Å². The van der Waals surface area contributed by atoms with Crippen LogP contribution in [0.2, 0.25) is 5.15 Å². The molecular weight excluding hydrogens is 278 g/mol. The van der Waals surface area contributed by atoms with Gasteiger partial charge in [-0.3, -0.25) is 0 Å². The number of nitrogens with zero attached hydrogens (tertiary/aromatic N) is 3. The fourth-order valence-corrected chi connectivity index (χ4v) is 4.32. The van der Waals surface area contributed by atoms with Crippen LogP contribution < -0.4 is 4.90 Å². The van der Waals surface area contributed by atoms with E-state index in [0.29, 0.717) is 5.15 Å². The van der Waals surface area contributed by atoms with Crippen molar-refractivity contribution in [2.45, 2.75) is 30.8 Å². The lowest BCUT2D eigenvalue weighted by atomic mass is 9.88. The molecular formula is C14H20ClN3S. The molecule has 19 heavy (non-hydrogen) atoms. The molecule has 1 heterocycles. The summed E-state index contributed by atoms with van der Waals surface area (Å²) in [5.74, 6) is 3.74. The number of fused-ring (bicyclic) bond motifs is 2. The molecule has 0 N–H and O–H groups in total. The number of thioether (sulfide) groups is 1. The number of hydrogen-bond donors (Lipinski definition) is 0. The van der Waals surface area contributed by atoms with Gasteiger partial charge in [0, 0.05) is 19.7 Å². The van der Waals surface area contributed by atoms with Gasteiger partial charge in [0.2, 0.25) is 0 Å². The van der Waals surface area contributed by atoms with Gasteiger partial charge in [0.15, 0.2) is 5.16 Å². The number of rotatable bonds is 4. The topological polar surface area (TPSA) is 29.0 Å². The number of aromatic nitrogens is 2. The lowest BCUT2D eigenvalue weighted by Crippen LogP contribution is -2.29. The molecule has 3 atom stereocenters. The zero-order valence-electron chi connectivity index (χ0n) is 11.5. The van der Waals surface area contributed by atoms with Gasteiger partial charge >= 0.3 is 0 Å². The van der Waals surface area contributed by atoms with E-state index in [-0.39, 0.29) is 0 Å². The van der Waals surface area contributed by atoms with Gasteiger partial charge in [-0.25, -0.2) is 9.97 Å². The second-order valence-corrected chi connectivity index (χ2v) is 7.01. The molecule has 1 aromatic heterocycles. The molecule has 2 saturated carbocycles. The standard InChI is InChI=1S/C14H20ClN3S/c1-18(8-11-6-9-3-4-10(11)5-9)13-7-12(15)16-14(17-13)19-2/h7,9-11H,3-6,8H2,1-2H3. The van der Waals surface area contributed by atoms with E-state index in [0.717, 1.165) is 35.3 Å². The largest absolute Gasteiger partial charge is 0.359 e. The van der Waals surface area contributed by atoms with Crippen LogP contribution in [0.15, 0.2) is 11.2 Å². The van der Waals surface area contributed by atoms with Gasteiger partial charge in [0.25, 0.3) is 0 Å². The van der Waals surface area contributed by atoms with Gasteiger partial charge in [-0.2, -0.15) is 0 Å². The quantitative estimate of drug-likeness (QED) is 0.481. The van der Waals surface area contributed by atoms with Crippen molar-refractivity contribution in [2.75, 3.05) is 24.7 Å². The maximum Gasteiger partial charge on any atom is 0.190 e. The SMILES string of the molecule is CSc1nc(Cl)cc(N(C)CC2CC3CCC2C3)n1. The van der Waals surface area contributed by atoms with E-state index in [9.17, 15) is 0 Å². The van der Waals surface area contributed by atoms with Crippen molar-refractivity contribution < 1.29 is 0 Å². The van der Waals surface area contributed by atoms with Crippen LogP contribution in [-0.4, -0.2) is 29.8 Å². The molecule has 0 amide bonds. The van der Waals surface area contributed by atoms with Gasteiger partial charge in [-0.1, -0.05) is 29.8 Å². The van der Waals surface area contributed by atoms with Crippen molar-refractivity contribution >= 4 is 29.2 Å². The van der Waals surface area contributed by atoms with Crippen molar-refractivity contribution in [3.63, 3.8) is 0 Å². The van der Waals surface area contributed by atoms with Gasteiger partial charge in [0.05, 0.1) is 0 Å². The highest BCUT2D eigenvalue weighted by atomic mass is 35.5. The summed E-state index contributed by atoms with van der Waals surface area (Å²) >= 11 is 7.60. The van der Waals surface area contributed by atoms with Crippen molar-refractivity contribution in [2.24, 2.45) is 17.8 Å². The van der Waals surface area contributed by atoms with Crippen molar-refractivity contribution in [3.8, 4) is 0 Å². The summed E-state index contributed by atoms with van der Waals surface area (Å²) < 4.78 is 0. The molecule has 0 aromatic carbocycles. The Bertz CT molecular complexity index is 468. The predicted octanol–water partition coefficient (Wildman–Crippen LogP) is 3.72. The first-order valence-electron chi connectivity index (χ1n) is 6.95. The van der Waals surface area contributed by atoms with E-state index in [1.54, 1.807) is 0 Å². The van der Waals surface area contributed by atoms with Gasteiger partial charge in [0.1, 0.15) is 11.0 Å². The first kappa shape index (κ1) is 13.5. The molecule has 0 aliphatic heterocycles. The van der Waals surface area contributed by atoms with E-state index in [1.165, 1.54) is 37.4 Å². The Balaban J connectivity index is 1.70. The average Bonchev–Trinajstić information content (AvgIpc) is 3.00. The van der Waals surface area contributed by atoms with Crippen LogP contribution in [0.25, 0.3) is 0 Å². The molecule has 2 bridgehead atoms. The fourth-order valence-electron chi connectivity index (χ4n) is 3.72. The Morgan fingerprint density at radius 1 is 1.37 bits per heavy atom. The third-order valence-electron chi connectivity index (χ3n) is 4.63. The van der Waals surface area contributed by atoms with Crippen LogP contribution in [0.3, 0.4) is 0 Å². The second kappa shape index (κ2) is 5.49. The maximum absolute atomic E-state index is 6.06. The van der Waals surface area contributed by atoms with Crippen LogP contribution in [0, 0.1) is 17.8 Å². The molecule has 104 valence electrons. The molecule has 3 nitrogen and oxygen atoms in total. The van der Waals surface area contributed by atoms with Crippen molar-refractivity contribution in [1.82, 2.24) is 9.97 Å². The molecule has 2 aliphatic carbocycles. The van der Waals surface area contributed by atoms with Gasteiger partial charge < -0.3 is 4.90 Å². The summed E-state index contributed by atoms with van der Waals surface area (Å²) in [4.78, 5) is 11.0. The maximum atomic E-state index is 6.06. The Labute approximate surface area is 124 Å². The molecule has 5 heteroatoms. The van der Waals surface area contributed by atoms with E-state index < -0.39 is 0 Å². The number of anilines is 1. The summed E-state index contributed by atoms with van der Waals surface area (Å²) in [5, 5.41) is 1.29. The highest BCUT2D eigenvalue weighted by Crippen LogP contribution is 2.48. The first-order chi connectivity index (χ1) is 9.15. The summed E-state index contributed by atoms with van der Waals surface area (Å²) in [5.41, 5.74) is 0. The van der Waals surface area contributed by atoms with Crippen molar-refractivity contribution in [3.05, 3.63) is 11.2 Å². The Kier molecular flexibility index (Phi) is 3.90. The normalized spacial score (nSPS) is 28.9. The lowest BCUT2D eigenvalue weighted by molar-refractivity contribution is 0.337. The van der Waals surface area contributed by atoms with E-state index in [1.807, 2.05) is 12.3 Å². The zero-order chi connectivity index (χ0) is 13.4. The van der Waals surface area contributed by atoms with E-state index in [4.69, 9.17) is 11.6 Å². The Hall–Kier alpha value is -0.480. The third-order valence-corrected chi connectivity index (χ3v) is 5.37. The highest BCUT2D eigenvalue weighted by Gasteiger charge is 2.39. The summed E-state index contributed by atoms with van der Waals surface area (Å²) in [7, 11) is 2.12. The molecule has 2 fully saturated rings. The minimum atomic E-state index is 0.536. The number of hydrogen-bond acceptors (Lipinski definition) is 4. The van der Waals surface area contributed by atoms with Crippen LogP contribution >= 0.6 is 23.4 Å². The minimum Gasteiger partial charge on any atom is -0.359 e.